The smallest absolute Gasteiger partial charge is 0.254 e. The van der Waals surface area contributed by atoms with Crippen LogP contribution < -0.4 is 4.74 Å². The molecule has 2 heterocycles. The summed E-state index contributed by atoms with van der Waals surface area (Å²) in [7, 11) is 1.56. The third-order valence-electron chi connectivity index (χ3n) is 4.22. The Labute approximate surface area is 140 Å². The van der Waals surface area contributed by atoms with Crippen LogP contribution in [0.1, 0.15) is 23.7 Å². The molecule has 120 valence electrons. The van der Waals surface area contributed by atoms with Crippen LogP contribution >= 0.6 is 23.4 Å². The number of likely N-dealkylation sites (tertiary alicyclic amines) is 1. The first-order valence-electron chi connectivity index (χ1n) is 7.45. The van der Waals surface area contributed by atoms with Gasteiger partial charge in [0.15, 0.2) is 0 Å². The first-order valence-corrected chi connectivity index (χ1v) is 8.81. The Bertz CT molecular complexity index is 575. The second kappa shape index (κ2) is 6.30. The van der Waals surface area contributed by atoms with Crippen molar-refractivity contribution >= 4 is 29.3 Å². The average Bonchev–Trinajstić information content (AvgIpc) is 2.89. The Balaban J connectivity index is 1.61. The molecule has 0 aliphatic carbocycles. The second-order valence-electron chi connectivity index (χ2n) is 5.79. The minimum absolute atomic E-state index is 0.0376. The van der Waals surface area contributed by atoms with Crippen LogP contribution in [0.2, 0.25) is 5.02 Å². The summed E-state index contributed by atoms with van der Waals surface area (Å²) in [6, 6.07) is 5.18. The van der Waals surface area contributed by atoms with Crippen LogP contribution in [0.4, 0.5) is 0 Å². The van der Waals surface area contributed by atoms with E-state index in [1.807, 2.05) is 23.6 Å². The molecule has 1 atom stereocenters. The summed E-state index contributed by atoms with van der Waals surface area (Å²) in [4.78, 5) is 14.4. The van der Waals surface area contributed by atoms with Crippen LogP contribution in [0.25, 0.3) is 0 Å². The third kappa shape index (κ3) is 2.94. The first-order chi connectivity index (χ1) is 10.6. The minimum atomic E-state index is 0.0376. The molecule has 2 saturated heterocycles. The van der Waals surface area contributed by atoms with E-state index in [0.717, 1.165) is 31.9 Å². The highest BCUT2D eigenvalue weighted by Crippen LogP contribution is 2.46. The number of benzene rings is 1. The van der Waals surface area contributed by atoms with Gasteiger partial charge < -0.3 is 14.4 Å². The molecule has 1 amide bonds. The van der Waals surface area contributed by atoms with E-state index in [9.17, 15) is 4.79 Å². The highest BCUT2D eigenvalue weighted by atomic mass is 35.5. The molecule has 1 aromatic carbocycles. The van der Waals surface area contributed by atoms with E-state index in [-0.39, 0.29) is 10.7 Å². The van der Waals surface area contributed by atoms with Crippen molar-refractivity contribution in [2.24, 2.45) is 0 Å². The highest BCUT2D eigenvalue weighted by Gasteiger charge is 2.50. The molecule has 0 unspecified atom stereocenters. The summed E-state index contributed by atoms with van der Waals surface area (Å²) in [6.45, 7) is 4.38. The number of rotatable bonds is 4. The van der Waals surface area contributed by atoms with Gasteiger partial charge in [0.05, 0.1) is 23.0 Å². The summed E-state index contributed by atoms with van der Waals surface area (Å²) in [5, 5.41) is 0.468. The molecule has 4 nitrogen and oxygen atoms in total. The molecule has 0 bridgehead atoms. The molecular weight excluding hydrogens is 322 g/mol. The fourth-order valence-electron chi connectivity index (χ4n) is 3.14. The molecule has 1 aromatic rings. The zero-order valence-corrected chi connectivity index (χ0v) is 14.4. The van der Waals surface area contributed by atoms with E-state index in [1.165, 1.54) is 0 Å². The molecule has 0 N–H and O–H groups in total. The van der Waals surface area contributed by atoms with E-state index in [1.54, 1.807) is 25.3 Å². The molecule has 1 spiro atoms. The van der Waals surface area contributed by atoms with Crippen molar-refractivity contribution in [1.82, 2.24) is 4.90 Å². The third-order valence-corrected chi connectivity index (χ3v) is 6.09. The van der Waals surface area contributed by atoms with Crippen molar-refractivity contribution < 1.29 is 14.3 Å². The molecular formula is C16H20ClNO3S. The number of ether oxygens (including phenoxy) is 2. The van der Waals surface area contributed by atoms with E-state index >= 15 is 0 Å². The van der Waals surface area contributed by atoms with Gasteiger partial charge in [-0.1, -0.05) is 11.6 Å². The van der Waals surface area contributed by atoms with Gasteiger partial charge in [-0.15, -0.1) is 11.8 Å². The van der Waals surface area contributed by atoms with Gasteiger partial charge in [-0.05, 0) is 31.5 Å². The van der Waals surface area contributed by atoms with Gasteiger partial charge in [-0.3, -0.25) is 4.79 Å². The number of carbonyl (C=O) groups is 1. The Kier molecular flexibility index (Phi) is 4.57. The number of hydrogen-bond donors (Lipinski definition) is 0. The second-order valence-corrected chi connectivity index (χ2v) is 7.68. The molecule has 0 aromatic heterocycles. The van der Waals surface area contributed by atoms with Crippen molar-refractivity contribution in [3.05, 3.63) is 28.8 Å². The largest absolute Gasteiger partial charge is 0.495 e. The molecule has 0 saturated carbocycles. The zero-order chi connectivity index (χ0) is 15.7. The number of thioether (sulfide) groups is 1. The molecule has 6 heteroatoms. The maximum atomic E-state index is 12.5. The van der Waals surface area contributed by atoms with Gasteiger partial charge in [0.25, 0.3) is 5.91 Å². The van der Waals surface area contributed by atoms with E-state index in [2.05, 4.69) is 0 Å². The Hall–Kier alpha value is -0.910. The van der Waals surface area contributed by atoms with Crippen molar-refractivity contribution in [2.45, 2.75) is 24.2 Å². The van der Waals surface area contributed by atoms with Crippen LogP contribution in [0.3, 0.4) is 0 Å². The van der Waals surface area contributed by atoms with Crippen LogP contribution in [0, 0.1) is 0 Å². The standard InChI is InChI=1S/C16H20ClNO3S/c1-3-21-12-7-16(22-8-12)9-18(10-16)15(19)11-4-5-14(20-2)13(17)6-11/h4-6,12H,3,7-10H2,1-2H3/t12-/m0/s1. The summed E-state index contributed by atoms with van der Waals surface area (Å²) >= 11 is 8.04. The number of hydrogen-bond acceptors (Lipinski definition) is 4. The predicted molar refractivity (Wildman–Crippen MR) is 89.1 cm³/mol. The Morgan fingerprint density at radius 3 is 2.91 bits per heavy atom. The van der Waals surface area contributed by atoms with Crippen molar-refractivity contribution in [2.75, 3.05) is 32.6 Å². The maximum absolute atomic E-state index is 12.5. The number of halogens is 1. The fraction of sp³-hybridized carbons (Fsp3) is 0.562. The van der Waals surface area contributed by atoms with Crippen molar-refractivity contribution in [3.63, 3.8) is 0 Å². The van der Waals surface area contributed by atoms with Gasteiger partial charge in [0.2, 0.25) is 0 Å². The average molecular weight is 342 g/mol. The number of methoxy groups -OCH3 is 1. The van der Waals surface area contributed by atoms with Gasteiger partial charge >= 0.3 is 0 Å². The summed E-state index contributed by atoms with van der Waals surface area (Å²) < 4.78 is 11.0. The Morgan fingerprint density at radius 2 is 2.27 bits per heavy atom. The molecule has 2 fully saturated rings. The molecule has 2 aliphatic heterocycles. The lowest BCUT2D eigenvalue weighted by molar-refractivity contribution is 0.0359. The maximum Gasteiger partial charge on any atom is 0.254 e. The van der Waals surface area contributed by atoms with Gasteiger partial charge in [-0.2, -0.15) is 0 Å². The molecule has 2 aliphatic rings. The lowest BCUT2D eigenvalue weighted by Crippen LogP contribution is -2.60. The quantitative estimate of drug-likeness (QED) is 0.843. The topological polar surface area (TPSA) is 38.8 Å². The number of amides is 1. The fourth-order valence-corrected chi connectivity index (χ4v) is 4.95. The molecule has 0 radical (unpaired) electrons. The van der Waals surface area contributed by atoms with Crippen molar-refractivity contribution in [1.29, 1.82) is 0 Å². The van der Waals surface area contributed by atoms with Gasteiger partial charge in [0, 0.05) is 31.0 Å². The lowest BCUT2D eigenvalue weighted by Gasteiger charge is -2.47. The number of nitrogens with zero attached hydrogens (tertiary/aromatic N) is 1. The van der Waals surface area contributed by atoms with Gasteiger partial charge in [0.1, 0.15) is 5.75 Å². The summed E-state index contributed by atoms with van der Waals surface area (Å²) in [6.07, 6.45) is 1.38. The van der Waals surface area contributed by atoms with E-state index < -0.39 is 0 Å². The summed E-state index contributed by atoms with van der Waals surface area (Å²) in [5.74, 6) is 1.66. The lowest BCUT2D eigenvalue weighted by atomic mass is 9.92. The monoisotopic (exact) mass is 341 g/mol. The zero-order valence-electron chi connectivity index (χ0n) is 12.8. The van der Waals surface area contributed by atoms with Crippen LogP contribution in [-0.4, -0.2) is 54.2 Å². The van der Waals surface area contributed by atoms with Gasteiger partial charge in [-0.25, -0.2) is 0 Å². The minimum Gasteiger partial charge on any atom is -0.495 e. The van der Waals surface area contributed by atoms with E-state index in [4.69, 9.17) is 21.1 Å². The number of carbonyl (C=O) groups excluding carboxylic acids is 1. The molecule has 3 rings (SSSR count). The van der Waals surface area contributed by atoms with Crippen LogP contribution in [0.5, 0.6) is 5.75 Å². The van der Waals surface area contributed by atoms with Crippen LogP contribution in [0.15, 0.2) is 18.2 Å². The van der Waals surface area contributed by atoms with Crippen LogP contribution in [-0.2, 0) is 4.74 Å². The first kappa shape index (κ1) is 16.0. The Morgan fingerprint density at radius 1 is 1.50 bits per heavy atom. The highest BCUT2D eigenvalue weighted by molar-refractivity contribution is 8.01. The SMILES string of the molecule is CCO[C@@H]1CSC2(C1)CN(C(=O)c1ccc(OC)c(Cl)c1)C2. The van der Waals surface area contributed by atoms with E-state index in [0.29, 0.717) is 22.4 Å². The normalized spacial score (nSPS) is 22.7. The molecule has 22 heavy (non-hydrogen) atoms. The predicted octanol–water partition coefficient (Wildman–Crippen LogP) is 3.09. The van der Waals surface area contributed by atoms with Crippen molar-refractivity contribution in [3.8, 4) is 5.75 Å². The summed E-state index contributed by atoms with van der Waals surface area (Å²) in [5.41, 5.74) is 0.616.